The number of aromatic nitrogens is 4. The van der Waals surface area contributed by atoms with E-state index in [4.69, 9.17) is 17.3 Å². The van der Waals surface area contributed by atoms with Crippen LogP contribution in [0.2, 0.25) is 5.02 Å². The Labute approximate surface area is 201 Å². The number of alkyl halides is 2. The lowest BCUT2D eigenvalue weighted by Crippen LogP contribution is -2.33. The van der Waals surface area contributed by atoms with Crippen molar-refractivity contribution in [3.63, 3.8) is 0 Å². The molecule has 0 radical (unpaired) electrons. The van der Waals surface area contributed by atoms with Gasteiger partial charge in [-0.1, -0.05) is 23.7 Å². The van der Waals surface area contributed by atoms with E-state index in [-0.39, 0.29) is 37.0 Å². The SMILES string of the molecule is Cc1cnc(NC2CCC(F)(F)CC2)nc1-n1cnc(C(=O)N[C@H](CN)c2cccc(Cl)c2)c1. The van der Waals surface area contributed by atoms with E-state index in [9.17, 15) is 13.6 Å². The highest BCUT2D eigenvalue weighted by Gasteiger charge is 2.35. The van der Waals surface area contributed by atoms with Crippen molar-refractivity contribution in [2.75, 3.05) is 11.9 Å². The zero-order valence-corrected chi connectivity index (χ0v) is 19.4. The Morgan fingerprint density at radius 2 is 2.09 bits per heavy atom. The fraction of sp³-hybridized carbons (Fsp3) is 0.391. The van der Waals surface area contributed by atoms with Gasteiger partial charge in [-0.2, -0.15) is 4.98 Å². The number of nitrogens with two attached hydrogens (primary N) is 1. The first-order chi connectivity index (χ1) is 16.2. The van der Waals surface area contributed by atoms with Crippen molar-refractivity contribution in [3.8, 4) is 5.82 Å². The molecule has 4 N–H and O–H groups in total. The van der Waals surface area contributed by atoms with E-state index in [1.54, 1.807) is 35.2 Å². The maximum atomic E-state index is 13.4. The molecule has 8 nitrogen and oxygen atoms in total. The molecule has 3 aromatic rings. The Kier molecular flexibility index (Phi) is 7.08. The topological polar surface area (TPSA) is 111 Å². The molecule has 0 spiro atoms. The summed E-state index contributed by atoms with van der Waals surface area (Å²) in [6.45, 7) is 2.03. The molecule has 11 heteroatoms. The molecule has 0 aliphatic heterocycles. The van der Waals surface area contributed by atoms with Crippen molar-refractivity contribution in [1.82, 2.24) is 24.8 Å². The largest absolute Gasteiger partial charge is 0.351 e. The van der Waals surface area contributed by atoms with E-state index >= 15 is 0 Å². The van der Waals surface area contributed by atoms with Crippen LogP contribution >= 0.6 is 11.6 Å². The Morgan fingerprint density at radius 3 is 2.79 bits per heavy atom. The lowest BCUT2D eigenvalue weighted by molar-refractivity contribution is -0.0361. The minimum atomic E-state index is -2.60. The molecule has 1 amide bonds. The smallest absolute Gasteiger partial charge is 0.272 e. The quantitative estimate of drug-likeness (QED) is 0.462. The first-order valence-corrected chi connectivity index (χ1v) is 11.4. The fourth-order valence-electron chi connectivity index (χ4n) is 3.92. The number of aryl methyl sites for hydroxylation is 1. The molecule has 1 aliphatic rings. The predicted molar refractivity (Wildman–Crippen MR) is 125 cm³/mol. The van der Waals surface area contributed by atoms with Crippen LogP contribution in [0.1, 0.15) is 53.3 Å². The van der Waals surface area contributed by atoms with Crippen LogP contribution in [-0.2, 0) is 0 Å². The van der Waals surface area contributed by atoms with Gasteiger partial charge in [0, 0.05) is 48.4 Å². The van der Waals surface area contributed by atoms with Crippen LogP contribution in [0.15, 0.2) is 43.0 Å². The Hall–Kier alpha value is -3.11. The van der Waals surface area contributed by atoms with Crippen LogP contribution in [0.25, 0.3) is 5.82 Å². The first kappa shape index (κ1) is 24.0. The van der Waals surface area contributed by atoms with Gasteiger partial charge in [0.15, 0.2) is 0 Å². The number of halogens is 3. The second kappa shape index (κ2) is 10.0. The zero-order valence-electron chi connectivity index (χ0n) is 18.6. The van der Waals surface area contributed by atoms with Crippen molar-refractivity contribution in [3.05, 3.63) is 64.8 Å². The van der Waals surface area contributed by atoms with Gasteiger partial charge in [-0.05, 0) is 37.5 Å². The fourth-order valence-corrected chi connectivity index (χ4v) is 4.12. The van der Waals surface area contributed by atoms with Crippen molar-refractivity contribution in [1.29, 1.82) is 0 Å². The minimum Gasteiger partial charge on any atom is -0.351 e. The highest BCUT2D eigenvalue weighted by molar-refractivity contribution is 6.30. The summed E-state index contributed by atoms with van der Waals surface area (Å²) < 4.78 is 28.5. The lowest BCUT2D eigenvalue weighted by atomic mass is 9.92. The first-order valence-electron chi connectivity index (χ1n) is 11.0. The molecular weight excluding hydrogens is 464 g/mol. The van der Waals surface area contributed by atoms with E-state index in [1.165, 1.54) is 6.33 Å². The maximum Gasteiger partial charge on any atom is 0.272 e. The molecule has 0 bridgehead atoms. The number of benzene rings is 1. The number of imidazole rings is 1. The molecule has 1 aliphatic carbocycles. The molecule has 4 rings (SSSR count). The van der Waals surface area contributed by atoms with Gasteiger partial charge in [-0.25, -0.2) is 18.7 Å². The van der Waals surface area contributed by atoms with Gasteiger partial charge in [0.2, 0.25) is 11.9 Å². The molecule has 2 heterocycles. The summed E-state index contributed by atoms with van der Waals surface area (Å²) in [6.07, 6.45) is 5.11. The van der Waals surface area contributed by atoms with Crippen molar-refractivity contribution >= 4 is 23.5 Å². The molecule has 180 valence electrons. The predicted octanol–water partition coefficient (Wildman–Crippen LogP) is 4.04. The number of nitrogens with one attached hydrogen (secondary N) is 2. The Morgan fingerprint density at radius 1 is 1.32 bits per heavy atom. The van der Waals surface area contributed by atoms with E-state index in [0.29, 0.717) is 29.6 Å². The van der Waals surface area contributed by atoms with Crippen LogP contribution in [0, 0.1) is 6.92 Å². The van der Waals surface area contributed by atoms with Gasteiger partial charge < -0.3 is 16.4 Å². The van der Waals surface area contributed by atoms with Crippen molar-refractivity contribution in [2.24, 2.45) is 5.73 Å². The highest BCUT2D eigenvalue weighted by atomic mass is 35.5. The number of anilines is 1. The van der Waals surface area contributed by atoms with Crippen LogP contribution < -0.4 is 16.4 Å². The standard InChI is InChI=1S/C23H26ClF2N7O/c1-14-11-28-22(30-17-5-7-23(25,26)8-6-17)32-20(14)33-12-19(29-13-33)21(34)31-18(10-27)15-3-2-4-16(24)9-15/h2-4,9,11-13,17-18H,5-8,10,27H2,1H3,(H,31,34)(H,28,30,32)/t18-/m1/s1. The second-order valence-electron chi connectivity index (χ2n) is 8.46. The van der Waals surface area contributed by atoms with Crippen LogP contribution in [0.4, 0.5) is 14.7 Å². The Bertz CT molecular complexity index is 1160. The highest BCUT2D eigenvalue weighted by Crippen LogP contribution is 2.34. The third-order valence-corrected chi connectivity index (χ3v) is 6.08. The summed E-state index contributed by atoms with van der Waals surface area (Å²) in [4.78, 5) is 25.8. The van der Waals surface area contributed by atoms with Gasteiger partial charge in [0.25, 0.3) is 5.91 Å². The average molecular weight is 490 g/mol. The van der Waals surface area contributed by atoms with E-state index in [1.807, 2.05) is 13.0 Å². The number of hydrogen-bond donors (Lipinski definition) is 3. The van der Waals surface area contributed by atoms with Gasteiger partial charge in [-0.3, -0.25) is 9.36 Å². The number of carbonyl (C=O) groups excluding carboxylic acids is 1. The number of carbonyl (C=O) groups is 1. The maximum absolute atomic E-state index is 13.4. The van der Waals surface area contributed by atoms with Gasteiger partial charge in [0.1, 0.15) is 17.8 Å². The Balaban J connectivity index is 1.46. The van der Waals surface area contributed by atoms with Crippen molar-refractivity contribution in [2.45, 2.75) is 50.6 Å². The van der Waals surface area contributed by atoms with E-state index in [0.717, 1.165) is 11.1 Å². The summed E-state index contributed by atoms with van der Waals surface area (Å²) in [5, 5.41) is 6.58. The summed E-state index contributed by atoms with van der Waals surface area (Å²) in [6, 6.07) is 6.61. The zero-order chi connectivity index (χ0) is 24.3. The normalized spacial score (nSPS) is 16.7. The van der Waals surface area contributed by atoms with E-state index in [2.05, 4.69) is 25.6 Å². The molecule has 1 saturated carbocycles. The average Bonchev–Trinajstić information content (AvgIpc) is 3.30. The number of rotatable bonds is 7. The molecule has 1 atom stereocenters. The monoisotopic (exact) mass is 489 g/mol. The number of hydrogen-bond acceptors (Lipinski definition) is 6. The summed E-state index contributed by atoms with van der Waals surface area (Å²) in [5.41, 5.74) is 7.62. The number of amides is 1. The molecule has 1 fully saturated rings. The van der Waals surface area contributed by atoms with E-state index < -0.39 is 12.0 Å². The molecule has 1 aromatic carbocycles. The molecule has 2 aromatic heterocycles. The molecule has 34 heavy (non-hydrogen) atoms. The van der Waals surface area contributed by atoms with Gasteiger partial charge in [0.05, 0.1) is 6.04 Å². The van der Waals surface area contributed by atoms with Gasteiger partial charge in [-0.15, -0.1) is 0 Å². The third-order valence-electron chi connectivity index (χ3n) is 5.85. The van der Waals surface area contributed by atoms with Gasteiger partial charge >= 0.3 is 0 Å². The summed E-state index contributed by atoms with van der Waals surface area (Å²) in [7, 11) is 0. The van der Waals surface area contributed by atoms with Crippen LogP contribution in [0.3, 0.4) is 0 Å². The molecular formula is C23H26ClF2N7O. The molecule has 0 saturated heterocycles. The van der Waals surface area contributed by atoms with Crippen molar-refractivity contribution < 1.29 is 13.6 Å². The summed E-state index contributed by atoms with van der Waals surface area (Å²) >= 11 is 6.05. The second-order valence-corrected chi connectivity index (χ2v) is 8.89. The number of nitrogens with zero attached hydrogens (tertiary/aromatic N) is 4. The summed E-state index contributed by atoms with van der Waals surface area (Å²) in [5.74, 6) is -2.10. The van der Waals surface area contributed by atoms with Crippen LogP contribution in [-0.4, -0.2) is 43.9 Å². The lowest BCUT2D eigenvalue weighted by Gasteiger charge is -2.28. The minimum absolute atomic E-state index is 0.112. The third kappa shape index (κ3) is 5.68. The van der Waals surface area contributed by atoms with Crippen LogP contribution in [0.5, 0.6) is 0 Å². The molecule has 0 unspecified atom stereocenters.